The molecule has 3 nitrogen and oxygen atoms in total. The minimum atomic E-state index is -1.62. The van der Waals surface area contributed by atoms with Crippen molar-refractivity contribution in [2.45, 2.75) is 45.4 Å². The van der Waals surface area contributed by atoms with E-state index in [9.17, 15) is 0 Å². The minimum absolute atomic E-state index is 0. The fourth-order valence-electron chi connectivity index (χ4n) is 1.03. The van der Waals surface area contributed by atoms with Crippen LogP contribution in [0.4, 0.5) is 0 Å². The molecule has 0 rings (SSSR count). The van der Waals surface area contributed by atoms with Crippen LogP contribution in [0.15, 0.2) is 0 Å². The molecule has 0 aliphatic rings. The maximum Gasteiger partial charge on any atom is 0.164 e. The Balaban J connectivity index is 0. The lowest BCUT2D eigenvalue weighted by Crippen LogP contribution is -1.84. The maximum absolute atomic E-state index is 8.58. The highest BCUT2D eigenvalue weighted by Crippen LogP contribution is 2.24. The zero-order chi connectivity index (χ0) is 8.53. The Labute approximate surface area is 76.0 Å². The first-order chi connectivity index (χ1) is 5.27. The molecule has 0 atom stereocenters. The fourth-order valence-corrected chi connectivity index (χ4v) is 1.54. The summed E-state index contributed by atoms with van der Waals surface area (Å²) in [5.41, 5.74) is 0. The van der Waals surface area contributed by atoms with Crippen molar-refractivity contribution in [3.63, 3.8) is 0 Å². The molecule has 0 amide bonds. The summed E-state index contributed by atoms with van der Waals surface area (Å²) in [5, 5.41) is 0. The average molecular weight is 196 g/mol. The Hall–Kier alpha value is 0.310. The van der Waals surface area contributed by atoms with Crippen molar-refractivity contribution < 1.29 is 15.3 Å². The molecule has 0 heterocycles. The summed E-state index contributed by atoms with van der Waals surface area (Å²) >= 11 is 0. The highest BCUT2D eigenvalue weighted by Gasteiger charge is 1.96. The second kappa shape index (κ2) is 11.3. The highest BCUT2D eigenvalue weighted by atomic mass is 31.2. The first kappa shape index (κ1) is 14.8. The van der Waals surface area contributed by atoms with Gasteiger partial charge in [0.25, 0.3) is 0 Å². The average Bonchev–Trinajstić information content (AvgIpc) is 1.96. The smallest absolute Gasteiger partial charge is 0.164 e. The highest BCUT2D eigenvalue weighted by molar-refractivity contribution is 7.45. The van der Waals surface area contributed by atoms with Gasteiger partial charge in [-0.05, 0) is 6.42 Å². The van der Waals surface area contributed by atoms with E-state index >= 15 is 0 Å². The van der Waals surface area contributed by atoms with Crippen LogP contribution in [0.5, 0.6) is 0 Å². The Kier molecular flexibility index (Phi) is 14.0. The molecule has 0 aliphatic carbocycles. The summed E-state index contributed by atoms with van der Waals surface area (Å²) in [6.45, 7) is 2.20. The molecule has 76 valence electrons. The van der Waals surface area contributed by atoms with Crippen molar-refractivity contribution in [3.8, 4) is 0 Å². The Morgan fingerprint density at radius 2 is 1.42 bits per heavy atom. The summed E-state index contributed by atoms with van der Waals surface area (Å²) in [5.74, 6) is 0. The molecule has 4 N–H and O–H groups in total. The molecular weight excluding hydrogens is 175 g/mol. The van der Waals surface area contributed by atoms with Gasteiger partial charge in [-0.25, -0.2) is 0 Å². The predicted molar refractivity (Wildman–Crippen MR) is 53.2 cm³/mol. The summed E-state index contributed by atoms with van der Waals surface area (Å²) in [6, 6.07) is 0. The van der Waals surface area contributed by atoms with E-state index in [0.717, 1.165) is 12.8 Å². The summed E-state index contributed by atoms with van der Waals surface area (Å²) in [7, 11) is -1.62. The monoisotopic (exact) mass is 196 g/mol. The van der Waals surface area contributed by atoms with Gasteiger partial charge in [0.15, 0.2) is 8.38 Å². The van der Waals surface area contributed by atoms with E-state index in [0.29, 0.717) is 6.16 Å². The van der Waals surface area contributed by atoms with Gasteiger partial charge in [0.1, 0.15) is 0 Å². The van der Waals surface area contributed by atoms with Gasteiger partial charge in [-0.15, -0.1) is 0 Å². The first-order valence-corrected chi connectivity index (χ1v) is 5.86. The van der Waals surface area contributed by atoms with Gasteiger partial charge in [0.05, 0.1) is 0 Å². The van der Waals surface area contributed by atoms with E-state index in [1.165, 1.54) is 25.7 Å². The topological polar surface area (TPSA) is 72.0 Å². The van der Waals surface area contributed by atoms with Gasteiger partial charge in [-0.1, -0.05) is 39.0 Å². The number of hydrogen-bond acceptors (Lipinski definition) is 2. The summed E-state index contributed by atoms with van der Waals surface area (Å²) in [6.07, 6.45) is 7.85. The van der Waals surface area contributed by atoms with Crippen LogP contribution in [-0.2, 0) is 0 Å². The SMILES string of the molecule is CCCCCCCCP(O)O.O. The second-order valence-corrected chi connectivity index (χ2v) is 4.06. The van der Waals surface area contributed by atoms with Crippen molar-refractivity contribution in [1.82, 2.24) is 0 Å². The molecule has 0 aromatic carbocycles. The molecule has 0 aromatic rings. The maximum atomic E-state index is 8.58. The molecule has 4 heteroatoms. The van der Waals surface area contributed by atoms with Crippen LogP contribution < -0.4 is 0 Å². The van der Waals surface area contributed by atoms with Crippen LogP contribution in [-0.4, -0.2) is 21.4 Å². The van der Waals surface area contributed by atoms with Gasteiger partial charge >= 0.3 is 0 Å². The van der Waals surface area contributed by atoms with Crippen LogP contribution in [0.1, 0.15) is 45.4 Å². The number of hydrogen-bond donors (Lipinski definition) is 2. The molecule has 0 spiro atoms. The van der Waals surface area contributed by atoms with Crippen molar-refractivity contribution >= 4 is 8.38 Å². The summed E-state index contributed by atoms with van der Waals surface area (Å²) < 4.78 is 0. The van der Waals surface area contributed by atoms with Crippen LogP contribution in [0, 0.1) is 0 Å². The van der Waals surface area contributed by atoms with E-state index < -0.39 is 8.38 Å². The van der Waals surface area contributed by atoms with Crippen molar-refractivity contribution in [2.24, 2.45) is 0 Å². The molecule has 0 aromatic heterocycles. The van der Waals surface area contributed by atoms with Crippen LogP contribution in [0.3, 0.4) is 0 Å². The molecular formula is C8H21O3P. The lowest BCUT2D eigenvalue weighted by atomic mass is 10.1. The third kappa shape index (κ3) is 12.9. The number of unbranched alkanes of at least 4 members (excludes halogenated alkanes) is 5. The molecule has 0 bridgehead atoms. The van der Waals surface area contributed by atoms with Gasteiger partial charge in [-0.3, -0.25) is 0 Å². The molecule has 0 unspecified atom stereocenters. The Morgan fingerprint density at radius 3 is 1.92 bits per heavy atom. The third-order valence-corrected chi connectivity index (χ3v) is 2.43. The standard InChI is InChI=1S/C8H19O2P.H2O/c1-2-3-4-5-6-7-8-11(9)10;/h9-10H,2-8H2,1H3;1H2. The zero-order valence-electron chi connectivity index (χ0n) is 7.79. The largest absolute Gasteiger partial charge is 0.412 e. The van der Waals surface area contributed by atoms with Gasteiger partial charge < -0.3 is 15.3 Å². The van der Waals surface area contributed by atoms with Crippen molar-refractivity contribution in [3.05, 3.63) is 0 Å². The Morgan fingerprint density at radius 1 is 0.917 bits per heavy atom. The Bertz CT molecular complexity index is 78.7. The van der Waals surface area contributed by atoms with Crippen LogP contribution >= 0.6 is 8.38 Å². The van der Waals surface area contributed by atoms with Gasteiger partial charge in [0.2, 0.25) is 0 Å². The van der Waals surface area contributed by atoms with E-state index in [1.807, 2.05) is 0 Å². The van der Waals surface area contributed by atoms with Crippen LogP contribution in [0.2, 0.25) is 0 Å². The second-order valence-electron chi connectivity index (χ2n) is 2.86. The van der Waals surface area contributed by atoms with Gasteiger partial charge in [0, 0.05) is 6.16 Å². The molecule has 0 aliphatic heterocycles. The fraction of sp³-hybridized carbons (Fsp3) is 1.00. The summed E-state index contributed by atoms with van der Waals surface area (Å²) in [4.78, 5) is 17.2. The molecule has 0 saturated carbocycles. The molecule has 0 radical (unpaired) electrons. The van der Waals surface area contributed by atoms with Crippen molar-refractivity contribution in [2.75, 3.05) is 6.16 Å². The van der Waals surface area contributed by atoms with Crippen LogP contribution in [0.25, 0.3) is 0 Å². The van der Waals surface area contributed by atoms with E-state index in [2.05, 4.69) is 6.92 Å². The lowest BCUT2D eigenvalue weighted by molar-refractivity contribution is 0.477. The predicted octanol–water partition coefficient (Wildman–Crippen LogP) is 1.82. The van der Waals surface area contributed by atoms with Crippen molar-refractivity contribution in [1.29, 1.82) is 0 Å². The number of rotatable bonds is 7. The van der Waals surface area contributed by atoms with E-state index in [-0.39, 0.29) is 5.48 Å². The van der Waals surface area contributed by atoms with E-state index in [1.54, 1.807) is 0 Å². The molecule has 12 heavy (non-hydrogen) atoms. The minimum Gasteiger partial charge on any atom is -0.412 e. The normalized spacial score (nSPS) is 10.0. The lowest BCUT2D eigenvalue weighted by Gasteiger charge is -2.01. The third-order valence-electron chi connectivity index (χ3n) is 1.71. The molecule has 0 saturated heterocycles. The molecule has 0 fully saturated rings. The quantitative estimate of drug-likeness (QED) is 0.481. The zero-order valence-corrected chi connectivity index (χ0v) is 8.69. The van der Waals surface area contributed by atoms with Gasteiger partial charge in [-0.2, -0.15) is 0 Å². The van der Waals surface area contributed by atoms with E-state index in [4.69, 9.17) is 9.79 Å². The first-order valence-electron chi connectivity index (χ1n) is 4.42.